The molecule has 0 heterocycles. The van der Waals surface area contributed by atoms with E-state index in [0.29, 0.717) is 12.2 Å². The van der Waals surface area contributed by atoms with E-state index in [4.69, 9.17) is 4.74 Å². The first-order chi connectivity index (χ1) is 13.1. The van der Waals surface area contributed by atoms with Crippen LogP contribution in [0.5, 0.6) is 5.75 Å². The van der Waals surface area contributed by atoms with E-state index in [9.17, 15) is 4.79 Å². The maximum atomic E-state index is 11.4. The lowest BCUT2D eigenvalue weighted by molar-refractivity contribution is 0.0600. The van der Waals surface area contributed by atoms with Crippen LogP contribution >= 0.6 is 15.9 Å². The van der Waals surface area contributed by atoms with Crippen molar-refractivity contribution >= 4 is 33.8 Å². The van der Waals surface area contributed by atoms with Crippen molar-refractivity contribution in [2.45, 2.75) is 6.61 Å². The summed E-state index contributed by atoms with van der Waals surface area (Å²) < 4.78 is 11.5. The molecule has 27 heavy (non-hydrogen) atoms. The SMILES string of the molecule is COC(=O)c1ccc(COc2ccc(C=Nc3ccc(Br)cc3)cc2)cc1. The first-order valence-corrected chi connectivity index (χ1v) is 9.13. The lowest BCUT2D eigenvalue weighted by atomic mass is 10.1. The summed E-state index contributed by atoms with van der Waals surface area (Å²) in [5.41, 5.74) is 3.39. The molecule has 0 amide bonds. The van der Waals surface area contributed by atoms with Crippen molar-refractivity contribution in [1.29, 1.82) is 0 Å². The number of carbonyl (C=O) groups excluding carboxylic acids is 1. The van der Waals surface area contributed by atoms with Gasteiger partial charge in [-0.2, -0.15) is 0 Å². The summed E-state index contributed by atoms with van der Waals surface area (Å²) in [7, 11) is 1.37. The first-order valence-electron chi connectivity index (χ1n) is 8.34. The molecule has 0 aliphatic carbocycles. The third-order valence-electron chi connectivity index (χ3n) is 3.85. The van der Waals surface area contributed by atoms with E-state index in [0.717, 1.165) is 27.0 Å². The third kappa shape index (κ3) is 5.53. The van der Waals surface area contributed by atoms with Crippen molar-refractivity contribution in [2.75, 3.05) is 7.11 Å². The quantitative estimate of drug-likeness (QED) is 0.384. The van der Waals surface area contributed by atoms with Gasteiger partial charge in [0.25, 0.3) is 0 Å². The summed E-state index contributed by atoms with van der Waals surface area (Å²) in [4.78, 5) is 15.9. The molecule has 0 spiro atoms. The molecule has 5 heteroatoms. The van der Waals surface area contributed by atoms with E-state index < -0.39 is 0 Å². The summed E-state index contributed by atoms with van der Waals surface area (Å²) in [6.45, 7) is 0.424. The fraction of sp³-hybridized carbons (Fsp3) is 0.0909. The van der Waals surface area contributed by atoms with Crippen LogP contribution in [0.1, 0.15) is 21.5 Å². The number of hydrogen-bond acceptors (Lipinski definition) is 4. The van der Waals surface area contributed by atoms with Crippen LogP contribution < -0.4 is 4.74 Å². The molecule has 0 saturated carbocycles. The van der Waals surface area contributed by atoms with Crippen LogP contribution in [0, 0.1) is 0 Å². The molecule has 0 atom stereocenters. The highest BCUT2D eigenvalue weighted by Crippen LogP contribution is 2.18. The minimum atomic E-state index is -0.345. The predicted octanol–water partition coefficient (Wildman–Crippen LogP) is 5.57. The largest absolute Gasteiger partial charge is 0.489 e. The van der Waals surface area contributed by atoms with Crippen LogP contribution in [0.4, 0.5) is 5.69 Å². The van der Waals surface area contributed by atoms with Crippen LogP contribution in [-0.4, -0.2) is 19.3 Å². The van der Waals surface area contributed by atoms with Crippen LogP contribution in [0.2, 0.25) is 0 Å². The molecule has 0 N–H and O–H groups in total. The number of rotatable bonds is 6. The number of esters is 1. The van der Waals surface area contributed by atoms with Crippen molar-refractivity contribution in [3.05, 3.63) is 94.0 Å². The lowest BCUT2D eigenvalue weighted by Gasteiger charge is -2.07. The van der Waals surface area contributed by atoms with E-state index in [1.54, 1.807) is 12.1 Å². The molecule has 4 nitrogen and oxygen atoms in total. The van der Waals surface area contributed by atoms with Crippen molar-refractivity contribution in [1.82, 2.24) is 0 Å². The van der Waals surface area contributed by atoms with Gasteiger partial charge in [-0.05, 0) is 71.8 Å². The smallest absolute Gasteiger partial charge is 0.337 e. The number of hydrogen-bond donors (Lipinski definition) is 0. The average Bonchev–Trinajstić information content (AvgIpc) is 2.72. The Morgan fingerprint density at radius 2 is 1.63 bits per heavy atom. The minimum absolute atomic E-state index is 0.345. The van der Waals surface area contributed by atoms with Gasteiger partial charge in [0.05, 0.1) is 18.4 Å². The molecule has 0 aromatic heterocycles. The third-order valence-corrected chi connectivity index (χ3v) is 4.38. The molecule has 3 rings (SSSR count). The highest BCUT2D eigenvalue weighted by molar-refractivity contribution is 9.10. The molecular formula is C22H18BrNO3. The molecule has 136 valence electrons. The van der Waals surface area contributed by atoms with Crippen LogP contribution in [0.25, 0.3) is 0 Å². The number of methoxy groups -OCH3 is 1. The van der Waals surface area contributed by atoms with Crippen molar-refractivity contribution in [3.8, 4) is 5.75 Å². The normalized spacial score (nSPS) is 10.7. The lowest BCUT2D eigenvalue weighted by Crippen LogP contribution is -2.02. The van der Waals surface area contributed by atoms with E-state index in [2.05, 4.69) is 25.7 Å². The summed E-state index contributed by atoms with van der Waals surface area (Å²) >= 11 is 3.41. The van der Waals surface area contributed by atoms with E-state index in [1.807, 2.05) is 66.9 Å². The minimum Gasteiger partial charge on any atom is -0.489 e. The molecule has 0 aliphatic rings. The molecule has 0 saturated heterocycles. The second-order valence-corrected chi connectivity index (χ2v) is 6.70. The van der Waals surface area contributed by atoms with Gasteiger partial charge in [-0.15, -0.1) is 0 Å². The summed E-state index contributed by atoms with van der Waals surface area (Å²) in [6.07, 6.45) is 1.82. The molecule has 3 aromatic rings. The Kier molecular flexibility index (Phi) is 6.39. The number of ether oxygens (including phenoxy) is 2. The van der Waals surface area contributed by atoms with Gasteiger partial charge in [0.15, 0.2) is 0 Å². The molecule has 0 radical (unpaired) electrons. The van der Waals surface area contributed by atoms with E-state index in [-0.39, 0.29) is 5.97 Å². The Labute approximate surface area is 166 Å². The van der Waals surface area contributed by atoms with Crippen LogP contribution in [0.15, 0.2) is 82.3 Å². The average molecular weight is 424 g/mol. The molecule has 0 aliphatic heterocycles. The van der Waals surface area contributed by atoms with Crippen molar-refractivity contribution in [3.63, 3.8) is 0 Å². The number of benzene rings is 3. The monoisotopic (exact) mass is 423 g/mol. The Balaban J connectivity index is 1.56. The van der Waals surface area contributed by atoms with Crippen molar-refractivity contribution < 1.29 is 14.3 Å². The van der Waals surface area contributed by atoms with Gasteiger partial charge in [0.2, 0.25) is 0 Å². The van der Waals surface area contributed by atoms with Gasteiger partial charge in [0.1, 0.15) is 12.4 Å². The fourth-order valence-electron chi connectivity index (χ4n) is 2.35. The molecule has 0 fully saturated rings. The highest BCUT2D eigenvalue weighted by Gasteiger charge is 2.04. The topological polar surface area (TPSA) is 47.9 Å². The first kappa shape index (κ1) is 18.9. The molecule has 0 unspecified atom stereocenters. The molecule has 3 aromatic carbocycles. The molecule has 0 bridgehead atoms. The number of carbonyl (C=O) groups is 1. The van der Waals surface area contributed by atoms with Gasteiger partial charge < -0.3 is 9.47 Å². The second-order valence-electron chi connectivity index (χ2n) is 5.78. The van der Waals surface area contributed by atoms with Gasteiger partial charge in [-0.3, -0.25) is 4.99 Å². The summed E-state index contributed by atoms with van der Waals surface area (Å²) in [6, 6.07) is 22.7. The van der Waals surface area contributed by atoms with Gasteiger partial charge >= 0.3 is 5.97 Å². The van der Waals surface area contributed by atoms with Crippen molar-refractivity contribution in [2.24, 2.45) is 4.99 Å². The number of aliphatic imine (C=N–C) groups is 1. The number of halogens is 1. The predicted molar refractivity (Wildman–Crippen MR) is 110 cm³/mol. The standard InChI is InChI=1S/C22H18BrNO3/c1-26-22(25)18-6-2-17(3-7-18)15-27-21-12-4-16(5-13-21)14-24-20-10-8-19(23)9-11-20/h2-14H,15H2,1H3. The number of nitrogens with zero attached hydrogens (tertiary/aromatic N) is 1. The maximum Gasteiger partial charge on any atom is 0.337 e. The summed E-state index contributed by atoms with van der Waals surface area (Å²) in [5, 5.41) is 0. The van der Waals surface area contributed by atoms with Crippen LogP contribution in [0.3, 0.4) is 0 Å². The fourth-order valence-corrected chi connectivity index (χ4v) is 2.61. The maximum absolute atomic E-state index is 11.4. The van der Waals surface area contributed by atoms with Gasteiger partial charge in [0, 0.05) is 10.7 Å². The zero-order chi connectivity index (χ0) is 19.1. The van der Waals surface area contributed by atoms with E-state index in [1.165, 1.54) is 7.11 Å². The zero-order valence-electron chi connectivity index (χ0n) is 14.8. The highest BCUT2D eigenvalue weighted by atomic mass is 79.9. The Morgan fingerprint density at radius 3 is 2.26 bits per heavy atom. The van der Waals surface area contributed by atoms with Gasteiger partial charge in [-0.25, -0.2) is 4.79 Å². The second kappa shape index (κ2) is 9.14. The molecular weight excluding hydrogens is 406 g/mol. The van der Waals surface area contributed by atoms with E-state index >= 15 is 0 Å². The Hall–Kier alpha value is -2.92. The zero-order valence-corrected chi connectivity index (χ0v) is 16.3. The summed E-state index contributed by atoms with van der Waals surface area (Å²) in [5.74, 6) is 0.427. The van der Waals surface area contributed by atoms with Gasteiger partial charge in [-0.1, -0.05) is 28.1 Å². The Bertz CT molecular complexity index is 917. The van der Waals surface area contributed by atoms with Crippen LogP contribution in [-0.2, 0) is 11.3 Å². The Morgan fingerprint density at radius 1 is 0.963 bits per heavy atom.